The predicted octanol–water partition coefficient (Wildman–Crippen LogP) is 2.10. The quantitative estimate of drug-likeness (QED) is 0.698. The predicted molar refractivity (Wildman–Crippen MR) is 53.6 cm³/mol. The van der Waals surface area contributed by atoms with Crippen LogP contribution in [-0.2, 0) is 0 Å². The van der Waals surface area contributed by atoms with Crippen LogP contribution in [0.2, 0.25) is 0 Å². The van der Waals surface area contributed by atoms with E-state index in [9.17, 15) is 0 Å². The van der Waals surface area contributed by atoms with Crippen molar-refractivity contribution in [2.24, 2.45) is 0 Å². The van der Waals surface area contributed by atoms with E-state index in [4.69, 9.17) is 0 Å². The van der Waals surface area contributed by atoms with Crippen LogP contribution in [0.4, 0.5) is 0 Å². The van der Waals surface area contributed by atoms with Crippen molar-refractivity contribution in [2.45, 2.75) is 0 Å². The summed E-state index contributed by atoms with van der Waals surface area (Å²) in [6, 6.07) is 3.95. The maximum absolute atomic E-state index is 4.06. The maximum atomic E-state index is 4.06. The van der Waals surface area contributed by atoms with Gasteiger partial charge in [-0.2, -0.15) is 0 Å². The Balaban J connectivity index is 2.32. The van der Waals surface area contributed by atoms with Crippen LogP contribution < -0.4 is 5.32 Å². The third-order valence-electron chi connectivity index (χ3n) is 1.79. The highest BCUT2D eigenvalue weighted by Gasteiger charge is 1.97. The standard InChI is InChI=1S/C11H10N2/c1-2-6-11(13-8-3-1)10-5-4-7-12-9-10/h1-9,13H. The average Bonchev–Trinajstić information content (AvgIpc) is 2.47. The number of nitrogens with one attached hydrogen (secondary N) is 1. The summed E-state index contributed by atoms with van der Waals surface area (Å²) >= 11 is 0. The number of nitrogens with zero attached hydrogens (tertiary/aromatic N) is 1. The highest BCUT2D eigenvalue weighted by Crippen LogP contribution is 2.10. The number of pyridine rings is 1. The second kappa shape index (κ2) is 3.72. The van der Waals surface area contributed by atoms with Gasteiger partial charge in [0.15, 0.2) is 0 Å². The van der Waals surface area contributed by atoms with Gasteiger partial charge in [0, 0.05) is 29.9 Å². The van der Waals surface area contributed by atoms with Gasteiger partial charge in [-0.15, -0.1) is 0 Å². The van der Waals surface area contributed by atoms with Gasteiger partial charge in [0.25, 0.3) is 0 Å². The van der Waals surface area contributed by atoms with Gasteiger partial charge >= 0.3 is 0 Å². The van der Waals surface area contributed by atoms with E-state index in [1.807, 2.05) is 48.8 Å². The molecule has 2 heteroatoms. The summed E-state index contributed by atoms with van der Waals surface area (Å²) in [7, 11) is 0. The molecule has 0 aromatic carbocycles. The van der Waals surface area contributed by atoms with Crippen LogP contribution in [0, 0.1) is 0 Å². The minimum absolute atomic E-state index is 1.07. The minimum atomic E-state index is 1.07. The molecular weight excluding hydrogens is 160 g/mol. The molecule has 2 rings (SSSR count). The fourth-order valence-electron chi connectivity index (χ4n) is 1.16. The molecule has 0 saturated carbocycles. The highest BCUT2D eigenvalue weighted by atomic mass is 14.9. The third-order valence-corrected chi connectivity index (χ3v) is 1.79. The molecule has 0 radical (unpaired) electrons. The van der Waals surface area contributed by atoms with E-state index < -0.39 is 0 Å². The molecule has 0 fully saturated rings. The molecule has 0 atom stereocenters. The smallest absolute Gasteiger partial charge is 0.0468 e. The molecule has 0 aliphatic carbocycles. The largest absolute Gasteiger partial charge is 0.361 e. The van der Waals surface area contributed by atoms with Crippen molar-refractivity contribution in [1.29, 1.82) is 0 Å². The zero-order chi connectivity index (χ0) is 8.93. The lowest BCUT2D eigenvalue weighted by atomic mass is 10.2. The summed E-state index contributed by atoms with van der Waals surface area (Å²) in [5, 5.41) is 3.18. The van der Waals surface area contributed by atoms with E-state index in [2.05, 4.69) is 10.3 Å². The van der Waals surface area contributed by atoms with Crippen LogP contribution >= 0.6 is 0 Å². The molecule has 1 N–H and O–H groups in total. The monoisotopic (exact) mass is 170 g/mol. The van der Waals surface area contributed by atoms with E-state index in [1.54, 1.807) is 6.20 Å². The number of hydrogen-bond donors (Lipinski definition) is 1. The van der Waals surface area contributed by atoms with Crippen LogP contribution in [-0.4, -0.2) is 4.98 Å². The lowest BCUT2D eigenvalue weighted by molar-refractivity contribution is 1.20. The molecule has 0 saturated heterocycles. The van der Waals surface area contributed by atoms with Gasteiger partial charge in [0.2, 0.25) is 0 Å². The fraction of sp³-hybridized carbons (Fsp3) is 0. The lowest BCUT2D eigenvalue weighted by Gasteiger charge is -2.04. The summed E-state index contributed by atoms with van der Waals surface area (Å²) in [5.41, 5.74) is 2.16. The number of aromatic nitrogens is 1. The lowest BCUT2D eigenvalue weighted by Crippen LogP contribution is -2.02. The fourth-order valence-corrected chi connectivity index (χ4v) is 1.16. The van der Waals surface area contributed by atoms with E-state index in [1.165, 1.54) is 0 Å². The highest BCUT2D eigenvalue weighted by molar-refractivity contribution is 5.66. The first-order valence-electron chi connectivity index (χ1n) is 4.17. The summed E-state index contributed by atoms with van der Waals surface area (Å²) in [6.45, 7) is 0. The molecule has 0 bridgehead atoms. The van der Waals surface area contributed by atoms with Crippen molar-refractivity contribution in [2.75, 3.05) is 0 Å². The Morgan fingerprint density at radius 1 is 1.15 bits per heavy atom. The number of allylic oxidation sites excluding steroid dienone is 4. The van der Waals surface area contributed by atoms with E-state index in [-0.39, 0.29) is 0 Å². The van der Waals surface area contributed by atoms with E-state index in [0.29, 0.717) is 0 Å². The van der Waals surface area contributed by atoms with Gasteiger partial charge in [-0.05, 0) is 24.3 Å². The van der Waals surface area contributed by atoms with Crippen LogP contribution in [0.3, 0.4) is 0 Å². The van der Waals surface area contributed by atoms with Crippen LogP contribution in [0.5, 0.6) is 0 Å². The first-order chi connectivity index (χ1) is 6.47. The van der Waals surface area contributed by atoms with Crippen molar-refractivity contribution in [3.63, 3.8) is 0 Å². The molecule has 1 aromatic heterocycles. The molecule has 2 heterocycles. The molecule has 1 aromatic rings. The molecule has 0 amide bonds. The van der Waals surface area contributed by atoms with Crippen molar-refractivity contribution in [3.8, 4) is 0 Å². The molecule has 0 unspecified atom stereocenters. The van der Waals surface area contributed by atoms with E-state index in [0.717, 1.165) is 11.3 Å². The molecule has 1 aliphatic heterocycles. The Morgan fingerprint density at radius 3 is 3.00 bits per heavy atom. The van der Waals surface area contributed by atoms with Gasteiger partial charge in [-0.3, -0.25) is 4.98 Å². The molecule has 2 nitrogen and oxygen atoms in total. The average molecular weight is 170 g/mol. The summed E-state index contributed by atoms with van der Waals surface area (Å²) in [5.74, 6) is 0. The first kappa shape index (κ1) is 7.80. The Bertz CT molecular complexity index is 361. The Labute approximate surface area is 77.3 Å². The van der Waals surface area contributed by atoms with E-state index >= 15 is 0 Å². The summed E-state index contributed by atoms with van der Waals surface area (Å²) in [6.07, 6.45) is 13.5. The molecular formula is C11H10N2. The topological polar surface area (TPSA) is 24.9 Å². The zero-order valence-electron chi connectivity index (χ0n) is 7.14. The first-order valence-corrected chi connectivity index (χ1v) is 4.17. The molecule has 1 aliphatic rings. The molecule has 13 heavy (non-hydrogen) atoms. The summed E-state index contributed by atoms with van der Waals surface area (Å²) in [4.78, 5) is 4.06. The Hall–Kier alpha value is -1.83. The van der Waals surface area contributed by atoms with Gasteiger partial charge in [0.1, 0.15) is 0 Å². The second-order valence-electron chi connectivity index (χ2n) is 2.71. The zero-order valence-corrected chi connectivity index (χ0v) is 7.14. The van der Waals surface area contributed by atoms with Gasteiger partial charge in [0.05, 0.1) is 0 Å². The van der Waals surface area contributed by atoms with Crippen LogP contribution in [0.1, 0.15) is 5.56 Å². The minimum Gasteiger partial charge on any atom is -0.361 e. The van der Waals surface area contributed by atoms with Gasteiger partial charge in [-0.1, -0.05) is 12.2 Å². The van der Waals surface area contributed by atoms with Gasteiger partial charge in [-0.25, -0.2) is 0 Å². The number of hydrogen-bond acceptors (Lipinski definition) is 2. The van der Waals surface area contributed by atoms with Crippen LogP contribution in [0.25, 0.3) is 5.70 Å². The third kappa shape index (κ3) is 1.85. The Kier molecular flexibility index (Phi) is 2.23. The SMILES string of the molecule is C1=CC=C(c2cccnc2)NC=C1. The van der Waals surface area contributed by atoms with Crippen molar-refractivity contribution < 1.29 is 0 Å². The molecule has 0 spiro atoms. The number of rotatable bonds is 1. The van der Waals surface area contributed by atoms with Crippen molar-refractivity contribution in [1.82, 2.24) is 10.3 Å². The van der Waals surface area contributed by atoms with Crippen molar-refractivity contribution in [3.05, 3.63) is 60.6 Å². The van der Waals surface area contributed by atoms with Crippen molar-refractivity contribution >= 4 is 5.70 Å². The molecule has 64 valence electrons. The van der Waals surface area contributed by atoms with Crippen LogP contribution in [0.15, 0.2) is 55.0 Å². The van der Waals surface area contributed by atoms with Gasteiger partial charge < -0.3 is 5.32 Å². The summed E-state index contributed by atoms with van der Waals surface area (Å²) < 4.78 is 0. The normalized spacial score (nSPS) is 14.6. The Morgan fingerprint density at radius 2 is 2.15 bits per heavy atom. The maximum Gasteiger partial charge on any atom is 0.0468 e. The second-order valence-corrected chi connectivity index (χ2v) is 2.71.